The van der Waals surface area contributed by atoms with Crippen molar-refractivity contribution in [1.82, 2.24) is 5.32 Å². The third-order valence-electron chi connectivity index (χ3n) is 10.7. The third-order valence-corrected chi connectivity index (χ3v) is 10.7. The molecule has 0 unspecified atom stereocenters. The third kappa shape index (κ3) is 7.42. The first-order valence-corrected chi connectivity index (χ1v) is 17.8. The summed E-state index contributed by atoms with van der Waals surface area (Å²) in [4.78, 5) is 37.7. The molecule has 3 aromatic rings. The van der Waals surface area contributed by atoms with E-state index in [1.807, 2.05) is 18.2 Å². The Morgan fingerprint density at radius 1 is 0.857 bits per heavy atom. The molecule has 49 heavy (non-hydrogen) atoms. The second-order valence-corrected chi connectivity index (χ2v) is 14.0. The summed E-state index contributed by atoms with van der Waals surface area (Å²) in [6.45, 7) is 4.86. The van der Waals surface area contributed by atoms with Crippen molar-refractivity contribution < 1.29 is 38.1 Å². The van der Waals surface area contributed by atoms with Gasteiger partial charge < -0.3 is 29.0 Å². The Morgan fingerprint density at radius 2 is 1.53 bits per heavy atom. The number of hydrogen-bond acceptors (Lipinski definition) is 8. The number of methoxy groups -OCH3 is 2. The maximum absolute atomic E-state index is 13.2. The molecule has 0 spiro atoms. The number of rotatable bonds is 15. The lowest BCUT2D eigenvalue weighted by molar-refractivity contribution is -0.146. The Hall–Kier alpha value is -4.11. The van der Waals surface area contributed by atoms with E-state index in [-0.39, 0.29) is 31.5 Å². The van der Waals surface area contributed by atoms with Crippen molar-refractivity contribution in [1.29, 1.82) is 0 Å². The Kier molecular flexibility index (Phi) is 10.8. The van der Waals surface area contributed by atoms with Crippen LogP contribution in [0.25, 0.3) is 21.9 Å². The smallest absolute Gasteiger partial charge is 0.328 e. The molecule has 9 nitrogen and oxygen atoms in total. The minimum atomic E-state index is -0.969. The second kappa shape index (κ2) is 15.2. The highest BCUT2D eigenvalue weighted by Crippen LogP contribution is 2.62. The number of carbonyl (C=O) groups is 3. The van der Waals surface area contributed by atoms with Crippen LogP contribution >= 0.6 is 0 Å². The molecule has 1 atom stereocenters. The SMILES string of the molecule is CCOC(=O)CC[C@H](NC(=O)c1ccc(-c2ccc3cc(OCCOC)c(C45CC6CC(CC(C6)C4)C5)cc3c2OC)cc1)C(=O)OCC. The summed E-state index contributed by atoms with van der Waals surface area (Å²) in [5, 5.41) is 4.83. The van der Waals surface area contributed by atoms with E-state index in [1.165, 1.54) is 44.1 Å². The van der Waals surface area contributed by atoms with Crippen molar-refractivity contribution in [2.24, 2.45) is 17.8 Å². The van der Waals surface area contributed by atoms with Crippen molar-refractivity contribution >= 4 is 28.6 Å². The van der Waals surface area contributed by atoms with E-state index < -0.39 is 23.9 Å². The topological polar surface area (TPSA) is 109 Å². The highest BCUT2D eigenvalue weighted by molar-refractivity contribution is 5.99. The van der Waals surface area contributed by atoms with Crippen LogP contribution < -0.4 is 14.8 Å². The standard InChI is InChI=1S/C40H49NO8/c1-5-47-36(42)14-13-34(39(44)48-6-2)41-38(43)29-9-7-28(8-10-29)31-12-11-30-20-35(49-16-15-45-3)33(21-32(30)37(31)46-4)40-22-25-17-26(23-40)19-27(18-25)24-40/h7-12,20-21,25-27,34H,5-6,13-19,22-24H2,1-4H3,(H,41,43)/t25?,26?,27?,34-,40?/m0/s1. The molecule has 4 bridgehead atoms. The summed E-state index contributed by atoms with van der Waals surface area (Å²) in [7, 11) is 3.41. The van der Waals surface area contributed by atoms with E-state index in [4.69, 9.17) is 23.7 Å². The van der Waals surface area contributed by atoms with E-state index >= 15 is 0 Å². The predicted molar refractivity (Wildman–Crippen MR) is 187 cm³/mol. The number of esters is 2. The van der Waals surface area contributed by atoms with Crippen LogP contribution in [0.4, 0.5) is 0 Å². The highest BCUT2D eigenvalue weighted by Gasteiger charge is 2.52. The summed E-state index contributed by atoms with van der Waals surface area (Å²) in [6, 6.07) is 14.9. The molecule has 0 saturated heterocycles. The van der Waals surface area contributed by atoms with Gasteiger partial charge in [0.05, 0.1) is 26.9 Å². The van der Waals surface area contributed by atoms with Gasteiger partial charge in [0, 0.05) is 35.6 Å². The fourth-order valence-corrected chi connectivity index (χ4v) is 9.01. The van der Waals surface area contributed by atoms with Crippen molar-refractivity contribution in [3.8, 4) is 22.6 Å². The molecular weight excluding hydrogens is 622 g/mol. The molecule has 0 radical (unpaired) electrons. The summed E-state index contributed by atoms with van der Waals surface area (Å²) >= 11 is 0. The minimum absolute atomic E-state index is 0.0103. The number of benzene rings is 3. The van der Waals surface area contributed by atoms with Crippen LogP contribution in [0.1, 0.15) is 81.1 Å². The quantitative estimate of drug-likeness (QED) is 0.136. The van der Waals surface area contributed by atoms with Crippen LogP contribution in [0, 0.1) is 17.8 Å². The zero-order valence-corrected chi connectivity index (χ0v) is 29.2. The molecule has 3 aromatic carbocycles. The minimum Gasteiger partial charge on any atom is -0.495 e. The molecule has 4 saturated carbocycles. The fraction of sp³-hybridized carbons (Fsp3) is 0.525. The van der Waals surface area contributed by atoms with Crippen LogP contribution in [0.5, 0.6) is 11.5 Å². The number of amides is 1. The van der Waals surface area contributed by atoms with Gasteiger partial charge in [0.25, 0.3) is 5.91 Å². The molecule has 9 heteroatoms. The largest absolute Gasteiger partial charge is 0.495 e. The van der Waals surface area contributed by atoms with Gasteiger partial charge in [-0.25, -0.2) is 4.79 Å². The molecule has 0 heterocycles. The van der Waals surface area contributed by atoms with Crippen LogP contribution in [0.3, 0.4) is 0 Å². The summed E-state index contributed by atoms with van der Waals surface area (Å²) in [5.74, 6) is 2.68. The van der Waals surface area contributed by atoms with E-state index in [0.29, 0.717) is 18.8 Å². The molecule has 1 N–H and O–H groups in total. The van der Waals surface area contributed by atoms with Gasteiger partial charge in [0.15, 0.2) is 0 Å². The van der Waals surface area contributed by atoms with Crippen LogP contribution in [-0.2, 0) is 29.2 Å². The number of ether oxygens (including phenoxy) is 5. The van der Waals surface area contributed by atoms with Gasteiger partial charge >= 0.3 is 11.9 Å². The average molecular weight is 672 g/mol. The number of carbonyl (C=O) groups excluding carboxylic acids is 3. The van der Waals surface area contributed by atoms with Crippen molar-refractivity contribution in [2.75, 3.05) is 40.6 Å². The fourth-order valence-electron chi connectivity index (χ4n) is 9.01. The van der Waals surface area contributed by atoms with E-state index in [1.54, 1.807) is 40.2 Å². The Labute approximate surface area is 289 Å². The maximum atomic E-state index is 13.2. The van der Waals surface area contributed by atoms with Gasteiger partial charge in [-0.1, -0.05) is 24.3 Å². The number of hydrogen-bond donors (Lipinski definition) is 1. The lowest BCUT2D eigenvalue weighted by Crippen LogP contribution is -2.48. The zero-order valence-electron chi connectivity index (χ0n) is 29.2. The molecule has 4 aliphatic rings. The van der Waals surface area contributed by atoms with Gasteiger partial charge in [0.1, 0.15) is 24.1 Å². The van der Waals surface area contributed by atoms with Gasteiger partial charge in [-0.3, -0.25) is 9.59 Å². The Bertz CT molecular complexity index is 1630. The molecular formula is C40H49NO8. The normalized spacial score (nSPS) is 22.8. The first-order chi connectivity index (χ1) is 23.8. The van der Waals surface area contributed by atoms with E-state index in [0.717, 1.165) is 51.2 Å². The summed E-state index contributed by atoms with van der Waals surface area (Å²) in [6.07, 6.45) is 7.83. The lowest BCUT2D eigenvalue weighted by Gasteiger charge is -2.57. The zero-order chi connectivity index (χ0) is 34.5. The van der Waals surface area contributed by atoms with Crippen LogP contribution in [-0.4, -0.2) is 64.5 Å². The molecule has 0 aliphatic heterocycles. The molecule has 4 fully saturated rings. The van der Waals surface area contributed by atoms with Crippen molar-refractivity contribution in [3.05, 3.63) is 59.7 Å². The van der Waals surface area contributed by atoms with Gasteiger partial charge in [-0.05, 0) is 117 Å². The van der Waals surface area contributed by atoms with Crippen LogP contribution in [0.2, 0.25) is 0 Å². The molecule has 0 aromatic heterocycles. The van der Waals surface area contributed by atoms with Crippen molar-refractivity contribution in [3.63, 3.8) is 0 Å². The lowest BCUT2D eigenvalue weighted by atomic mass is 9.48. The molecule has 1 amide bonds. The highest BCUT2D eigenvalue weighted by atomic mass is 16.5. The summed E-state index contributed by atoms with van der Waals surface area (Å²) in [5.41, 5.74) is 3.63. The van der Waals surface area contributed by atoms with Crippen LogP contribution in [0.15, 0.2) is 48.5 Å². The first-order valence-electron chi connectivity index (χ1n) is 17.8. The van der Waals surface area contributed by atoms with E-state index in [9.17, 15) is 14.4 Å². The molecule has 4 aliphatic carbocycles. The Balaban J connectivity index is 1.29. The average Bonchev–Trinajstić information content (AvgIpc) is 3.09. The second-order valence-electron chi connectivity index (χ2n) is 14.0. The van der Waals surface area contributed by atoms with Gasteiger partial charge in [0.2, 0.25) is 0 Å². The molecule has 262 valence electrons. The van der Waals surface area contributed by atoms with E-state index in [2.05, 4.69) is 23.5 Å². The van der Waals surface area contributed by atoms with Gasteiger partial charge in [-0.2, -0.15) is 0 Å². The maximum Gasteiger partial charge on any atom is 0.328 e. The first kappa shape index (κ1) is 34.7. The number of fused-ring (bicyclic) bond motifs is 1. The van der Waals surface area contributed by atoms with Crippen molar-refractivity contribution in [2.45, 2.75) is 76.7 Å². The summed E-state index contributed by atoms with van der Waals surface area (Å²) < 4.78 is 28.0. The van der Waals surface area contributed by atoms with Gasteiger partial charge in [-0.15, -0.1) is 0 Å². The monoisotopic (exact) mass is 671 g/mol. The predicted octanol–water partition coefficient (Wildman–Crippen LogP) is 7.01. The molecule has 7 rings (SSSR count). The number of nitrogens with one attached hydrogen (secondary N) is 1. The Morgan fingerprint density at radius 3 is 2.14 bits per heavy atom.